The molecule has 5 nitrogen and oxygen atoms in total. The molecule has 5 heteroatoms. The van der Waals surface area contributed by atoms with Crippen molar-refractivity contribution in [3.05, 3.63) is 54.1 Å². The molecular weight excluding hydrogens is 264 g/mol. The van der Waals surface area contributed by atoms with Crippen LogP contribution >= 0.6 is 0 Å². The van der Waals surface area contributed by atoms with E-state index in [1.165, 1.54) is 0 Å². The van der Waals surface area contributed by atoms with Gasteiger partial charge in [-0.2, -0.15) is 0 Å². The Morgan fingerprint density at radius 3 is 2.52 bits per heavy atom. The first-order chi connectivity index (χ1) is 9.94. The fourth-order valence-corrected chi connectivity index (χ4v) is 1.84. The molecule has 0 radical (unpaired) electrons. The number of hydrogen-bond donors (Lipinski definition) is 2. The summed E-state index contributed by atoms with van der Waals surface area (Å²) in [5.74, 6) is -0.190. The molecule has 0 aliphatic carbocycles. The molecule has 2 aromatic heterocycles. The molecule has 0 saturated heterocycles. The van der Waals surface area contributed by atoms with E-state index in [9.17, 15) is 4.79 Å². The molecule has 1 amide bonds. The lowest BCUT2D eigenvalue weighted by atomic mass is 10.1. The third-order valence-corrected chi connectivity index (χ3v) is 2.71. The van der Waals surface area contributed by atoms with Gasteiger partial charge in [-0.15, -0.1) is 0 Å². The number of anilines is 1. The Bertz CT molecular complexity index is 605. The van der Waals surface area contributed by atoms with Crippen LogP contribution in [0, 0.1) is 0 Å². The van der Waals surface area contributed by atoms with E-state index in [2.05, 4.69) is 41.4 Å². The molecule has 0 spiro atoms. The molecule has 2 rings (SSSR count). The first kappa shape index (κ1) is 15.0. The summed E-state index contributed by atoms with van der Waals surface area (Å²) in [6, 6.07) is 7.34. The molecule has 0 unspecified atom stereocenters. The molecule has 0 aliphatic rings. The maximum atomic E-state index is 12.1. The highest BCUT2D eigenvalue weighted by Gasteiger charge is 2.12. The van der Waals surface area contributed by atoms with Gasteiger partial charge in [0, 0.05) is 36.4 Å². The van der Waals surface area contributed by atoms with Gasteiger partial charge in [-0.25, -0.2) is 0 Å². The molecular formula is C16H20N4O. The topological polar surface area (TPSA) is 66.9 Å². The van der Waals surface area contributed by atoms with Crippen LogP contribution < -0.4 is 10.6 Å². The zero-order chi connectivity index (χ0) is 15.3. The molecule has 21 heavy (non-hydrogen) atoms. The standard InChI is InChI=1S/C16H20N4O/c1-16(2,3)20-13-6-9-18-14(10-13)15(21)19-11-12-4-7-17-8-5-12/h4-10H,11H2,1-3H3,(H,18,20)(H,19,21). The average molecular weight is 284 g/mol. The predicted molar refractivity (Wildman–Crippen MR) is 83.0 cm³/mol. The maximum absolute atomic E-state index is 12.1. The maximum Gasteiger partial charge on any atom is 0.270 e. The predicted octanol–water partition coefficient (Wildman–Crippen LogP) is 2.62. The molecule has 110 valence electrons. The van der Waals surface area contributed by atoms with Gasteiger partial charge in [0.15, 0.2) is 0 Å². The number of nitrogens with one attached hydrogen (secondary N) is 2. The molecule has 0 fully saturated rings. The minimum absolute atomic E-state index is 0.0634. The molecule has 0 aliphatic heterocycles. The zero-order valence-corrected chi connectivity index (χ0v) is 12.6. The molecule has 2 aromatic rings. The second-order valence-corrected chi connectivity index (χ2v) is 5.84. The highest BCUT2D eigenvalue weighted by molar-refractivity contribution is 5.93. The first-order valence-corrected chi connectivity index (χ1v) is 6.85. The van der Waals surface area contributed by atoms with Crippen LogP contribution in [-0.4, -0.2) is 21.4 Å². The summed E-state index contributed by atoms with van der Waals surface area (Å²) in [5, 5.41) is 6.17. The van der Waals surface area contributed by atoms with Gasteiger partial charge in [-0.3, -0.25) is 14.8 Å². The van der Waals surface area contributed by atoms with Gasteiger partial charge in [0.05, 0.1) is 0 Å². The van der Waals surface area contributed by atoms with E-state index < -0.39 is 0 Å². The number of amides is 1. The van der Waals surface area contributed by atoms with Gasteiger partial charge < -0.3 is 10.6 Å². The monoisotopic (exact) mass is 284 g/mol. The van der Waals surface area contributed by atoms with Crippen LogP contribution in [0.1, 0.15) is 36.8 Å². The molecule has 0 bridgehead atoms. The normalized spacial score (nSPS) is 11.0. The Hall–Kier alpha value is -2.43. The fraction of sp³-hybridized carbons (Fsp3) is 0.312. The second kappa shape index (κ2) is 6.35. The quantitative estimate of drug-likeness (QED) is 0.905. The van der Waals surface area contributed by atoms with Gasteiger partial charge in [0.25, 0.3) is 5.91 Å². The largest absolute Gasteiger partial charge is 0.380 e. The minimum atomic E-state index is -0.190. The first-order valence-electron chi connectivity index (χ1n) is 6.85. The van der Waals surface area contributed by atoms with E-state index in [4.69, 9.17) is 0 Å². The number of rotatable bonds is 4. The molecule has 2 N–H and O–H groups in total. The lowest BCUT2D eigenvalue weighted by molar-refractivity contribution is 0.0946. The van der Waals surface area contributed by atoms with E-state index >= 15 is 0 Å². The van der Waals surface area contributed by atoms with Crippen LogP contribution in [0.25, 0.3) is 0 Å². The Morgan fingerprint density at radius 1 is 1.14 bits per heavy atom. The van der Waals surface area contributed by atoms with E-state index in [0.717, 1.165) is 11.3 Å². The third-order valence-electron chi connectivity index (χ3n) is 2.71. The number of aromatic nitrogens is 2. The Morgan fingerprint density at radius 2 is 1.86 bits per heavy atom. The van der Waals surface area contributed by atoms with Crippen molar-refractivity contribution < 1.29 is 4.79 Å². The SMILES string of the molecule is CC(C)(C)Nc1ccnc(C(=O)NCc2ccncc2)c1. The number of hydrogen-bond acceptors (Lipinski definition) is 4. The van der Waals surface area contributed by atoms with Gasteiger partial charge in [0.1, 0.15) is 5.69 Å². The third kappa shape index (κ3) is 4.87. The van der Waals surface area contributed by atoms with Crippen LogP contribution in [0.2, 0.25) is 0 Å². The molecule has 0 aromatic carbocycles. The molecule has 2 heterocycles. The smallest absolute Gasteiger partial charge is 0.270 e. The van der Waals surface area contributed by atoms with Crippen molar-refractivity contribution in [3.63, 3.8) is 0 Å². The summed E-state index contributed by atoms with van der Waals surface area (Å²) >= 11 is 0. The van der Waals surface area contributed by atoms with Crippen molar-refractivity contribution in [1.29, 1.82) is 0 Å². The average Bonchev–Trinajstić information content (AvgIpc) is 2.44. The van der Waals surface area contributed by atoms with Crippen LogP contribution in [0.5, 0.6) is 0 Å². The van der Waals surface area contributed by atoms with E-state index in [1.807, 2.05) is 18.2 Å². The lowest BCUT2D eigenvalue weighted by Gasteiger charge is -2.22. The summed E-state index contributed by atoms with van der Waals surface area (Å²) in [6.45, 7) is 6.66. The summed E-state index contributed by atoms with van der Waals surface area (Å²) in [6.07, 6.45) is 5.04. The molecule has 0 saturated carbocycles. The summed E-state index contributed by atoms with van der Waals surface area (Å²) in [5.41, 5.74) is 2.22. The number of pyridine rings is 2. The van der Waals surface area contributed by atoms with Crippen LogP contribution in [0.15, 0.2) is 42.9 Å². The van der Waals surface area contributed by atoms with Gasteiger partial charge in [0.2, 0.25) is 0 Å². The van der Waals surface area contributed by atoms with Crippen molar-refractivity contribution in [2.45, 2.75) is 32.9 Å². The van der Waals surface area contributed by atoms with Crippen molar-refractivity contribution in [2.75, 3.05) is 5.32 Å². The summed E-state index contributed by atoms with van der Waals surface area (Å²) in [7, 11) is 0. The van der Waals surface area contributed by atoms with E-state index in [-0.39, 0.29) is 11.4 Å². The van der Waals surface area contributed by atoms with Crippen molar-refractivity contribution >= 4 is 11.6 Å². The van der Waals surface area contributed by atoms with Crippen molar-refractivity contribution in [1.82, 2.24) is 15.3 Å². The van der Waals surface area contributed by atoms with Crippen LogP contribution in [-0.2, 0) is 6.54 Å². The fourth-order valence-electron chi connectivity index (χ4n) is 1.84. The number of carbonyl (C=O) groups excluding carboxylic acids is 1. The Kier molecular flexibility index (Phi) is 4.52. The van der Waals surface area contributed by atoms with Crippen molar-refractivity contribution in [3.8, 4) is 0 Å². The van der Waals surface area contributed by atoms with Crippen LogP contribution in [0.3, 0.4) is 0 Å². The van der Waals surface area contributed by atoms with Gasteiger partial charge >= 0.3 is 0 Å². The highest BCUT2D eigenvalue weighted by atomic mass is 16.1. The van der Waals surface area contributed by atoms with Gasteiger partial charge in [-0.05, 0) is 50.6 Å². The Labute approximate surface area is 124 Å². The van der Waals surface area contributed by atoms with E-state index in [1.54, 1.807) is 24.7 Å². The Balaban J connectivity index is 2.01. The van der Waals surface area contributed by atoms with Gasteiger partial charge in [-0.1, -0.05) is 0 Å². The summed E-state index contributed by atoms with van der Waals surface area (Å²) < 4.78 is 0. The van der Waals surface area contributed by atoms with E-state index in [0.29, 0.717) is 12.2 Å². The molecule has 0 atom stereocenters. The lowest BCUT2D eigenvalue weighted by Crippen LogP contribution is -2.27. The van der Waals surface area contributed by atoms with Crippen LogP contribution in [0.4, 0.5) is 5.69 Å². The zero-order valence-electron chi connectivity index (χ0n) is 12.6. The van der Waals surface area contributed by atoms with Crippen molar-refractivity contribution in [2.24, 2.45) is 0 Å². The highest BCUT2D eigenvalue weighted by Crippen LogP contribution is 2.14. The number of nitrogens with zero attached hydrogens (tertiary/aromatic N) is 2. The number of carbonyl (C=O) groups is 1. The summed E-state index contributed by atoms with van der Waals surface area (Å²) in [4.78, 5) is 20.2. The minimum Gasteiger partial charge on any atom is -0.380 e. The second-order valence-electron chi connectivity index (χ2n) is 5.84.